The molecule has 0 radical (unpaired) electrons. The minimum absolute atomic E-state index is 0.322. The third-order valence-electron chi connectivity index (χ3n) is 4.26. The van der Waals surface area contributed by atoms with E-state index in [1.165, 1.54) is 0 Å². The predicted octanol–water partition coefficient (Wildman–Crippen LogP) is 3.65. The van der Waals surface area contributed by atoms with Gasteiger partial charge in [0.1, 0.15) is 5.76 Å². The lowest BCUT2D eigenvalue weighted by Crippen LogP contribution is -1.95. The third kappa shape index (κ3) is 2.67. The summed E-state index contributed by atoms with van der Waals surface area (Å²) in [6, 6.07) is 13.2. The van der Waals surface area contributed by atoms with Crippen LogP contribution in [0, 0.1) is 6.92 Å². The molecule has 3 aromatic heterocycles. The molecule has 0 fully saturated rings. The quantitative estimate of drug-likeness (QED) is 0.535. The number of nitrogens with zero attached hydrogens (tertiary/aromatic N) is 4. The Labute approximate surface area is 144 Å². The first-order valence-electron chi connectivity index (χ1n) is 7.86. The first-order valence-corrected chi connectivity index (χ1v) is 7.86. The van der Waals surface area contributed by atoms with Gasteiger partial charge in [0.05, 0.1) is 17.6 Å². The molecule has 3 heterocycles. The summed E-state index contributed by atoms with van der Waals surface area (Å²) in [5, 5.41) is 8.90. The van der Waals surface area contributed by atoms with Crippen LogP contribution in [0.2, 0.25) is 0 Å². The fourth-order valence-electron chi connectivity index (χ4n) is 2.71. The van der Waals surface area contributed by atoms with Crippen molar-refractivity contribution in [1.29, 1.82) is 0 Å². The van der Waals surface area contributed by atoms with E-state index in [9.17, 15) is 4.79 Å². The number of aryl methyl sites for hydroxylation is 1. The second-order valence-electron chi connectivity index (χ2n) is 5.78. The van der Waals surface area contributed by atoms with Crippen molar-refractivity contribution in [2.45, 2.75) is 6.92 Å². The molecule has 0 aliphatic rings. The summed E-state index contributed by atoms with van der Waals surface area (Å²) in [5.74, 6) is 0.989. The largest absolute Gasteiger partial charge is 0.453 e. The van der Waals surface area contributed by atoms with Gasteiger partial charge in [-0.3, -0.25) is 9.48 Å². The molecule has 0 aliphatic heterocycles. The van der Waals surface area contributed by atoms with Crippen LogP contribution in [0.5, 0.6) is 0 Å². The van der Waals surface area contributed by atoms with E-state index in [-0.39, 0.29) is 0 Å². The van der Waals surface area contributed by atoms with Crippen molar-refractivity contribution in [3.8, 4) is 28.3 Å². The van der Waals surface area contributed by atoms with Crippen LogP contribution < -0.4 is 0 Å². The molecule has 124 valence electrons. The van der Waals surface area contributed by atoms with Crippen LogP contribution in [0.3, 0.4) is 0 Å². The fraction of sp³-hybridized carbons (Fsp3) is 0.105. The van der Waals surface area contributed by atoms with E-state index in [2.05, 4.69) is 10.2 Å². The lowest BCUT2D eigenvalue weighted by molar-refractivity contribution is 0.110. The molecule has 25 heavy (non-hydrogen) atoms. The maximum absolute atomic E-state index is 10.7. The lowest BCUT2D eigenvalue weighted by atomic mass is 10.1. The highest BCUT2D eigenvalue weighted by molar-refractivity contribution is 5.73. The molecule has 0 bridgehead atoms. The van der Waals surface area contributed by atoms with E-state index in [0.717, 1.165) is 28.2 Å². The number of rotatable bonds is 4. The molecule has 0 N–H and O–H groups in total. The predicted molar refractivity (Wildman–Crippen MR) is 93.6 cm³/mol. The van der Waals surface area contributed by atoms with Crippen LogP contribution >= 0.6 is 0 Å². The van der Waals surface area contributed by atoms with E-state index in [4.69, 9.17) is 4.42 Å². The van der Waals surface area contributed by atoms with Crippen LogP contribution in [0.4, 0.5) is 0 Å². The molecule has 0 saturated heterocycles. The first kappa shape index (κ1) is 15.1. The van der Waals surface area contributed by atoms with E-state index >= 15 is 0 Å². The summed E-state index contributed by atoms with van der Waals surface area (Å²) in [7, 11) is 1.92. The molecule has 0 aliphatic carbocycles. The Morgan fingerprint density at radius 1 is 1.08 bits per heavy atom. The number of carbonyl (C=O) groups is 1. The van der Waals surface area contributed by atoms with Gasteiger partial charge in [-0.05, 0) is 49.4 Å². The number of carbonyl (C=O) groups excluding carboxylic acids is 1. The number of aldehydes is 1. The highest BCUT2D eigenvalue weighted by atomic mass is 16.3. The molecule has 0 saturated carbocycles. The minimum atomic E-state index is 0.322. The molecule has 4 aromatic rings. The molecular formula is C19H16N4O2. The van der Waals surface area contributed by atoms with Crippen LogP contribution in [0.25, 0.3) is 28.3 Å². The number of benzene rings is 1. The fourth-order valence-corrected chi connectivity index (χ4v) is 2.71. The van der Waals surface area contributed by atoms with Crippen LogP contribution in [-0.2, 0) is 7.05 Å². The van der Waals surface area contributed by atoms with Gasteiger partial charge >= 0.3 is 0 Å². The van der Waals surface area contributed by atoms with Gasteiger partial charge in [-0.15, -0.1) is 0 Å². The SMILES string of the molecule is Cc1c(-c2ccn(-c3ccc(-c4ccc(C=O)o4)cc3)n2)cnn1C. The standard InChI is InChI=1S/C19H16N4O2/c1-13-17(11-20-22(13)2)18-9-10-23(21-18)15-5-3-14(4-6-15)19-8-7-16(12-24)25-19/h3-12H,1-2H3. The molecular weight excluding hydrogens is 316 g/mol. The zero-order valence-electron chi connectivity index (χ0n) is 13.9. The Hall–Kier alpha value is -3.41. The molecule has 1 aromatic carbocycles. The van der Waals surface area contributed by atoms with E-state index in [1.807, 2.05) is 66.1 Å². The Kier molecular flexibility index (Phi) is 3.57. The summed E-state index contributed by atoms with van der Waals surface area (Å²) < 4.78 is 9.10. The number of furan rings is 1. The van der Waals surface area contributed by atoms with Crippen molar-refractivity contribution in [3.63, 3.8) is 0 Å². The van der Waals surface area contributed by atoms with Crippen molar-refractivity contribution in [1.82, 2.24) is 19.6 Å². The number of hydrogen-bond acceptors (Lipinski definition) is 4. The van der Waals surface area contributed by atoms with Gasteiger partial charge in [0.15, 0.2) is 12.0 Å². The van der Waals surface area contributed by atoms with Crippen molar-refractivity contribution in [2.24, 2.45) is 7.05 Å². The summed E-state index contributed by atoms with van der Waals surface area (Å²) in [6.07, 6.45) is 4.45. The maximum atomic E-state index is 10.7. The van der Waals surface area contributed by atoms with Gasteiger partial charge in [-0.1, -0.05) is 0 Å². The van der Waals surface area contributed by atoms with Crippen molar-refractivity contribution < 1.29 is 9.21 Å². The third-order valence-corrected chi connectivity index (χ3v) is 4.26. The molecule has 0 spiro atoms. The van der Waals surface area contributed by atoms with Gasteiger partial charge in [0.25, 0.3) is 0 Å². The lowest BCUT2D eigenvalue weighted by Gasteiger charge is -2.03. The van der Waals surface area contributed by atoms with Gasteiger partial charge < -0.3 is 4.42 Å². The van der Waals surface area contributed by atoms with Crippen molar-refractivity contribution in [2.75, 3.05) is 0 Å². The first-order chi connectivity index (χ1) is 12.2. The summed E-state index contributed by atoms with van der Waals surface area (Å²) in [4.78, 5) is 10.7. The van der Waals surface area contributed by atoms with Gasteiger partial charge in [0, 0.05) is 30.1 Å². The Morgan fingerprint density at radius 2 is 1.88 bits per heavy atom. The zero-order valence-corrected chi connectivity index (χ0v) is 13.9. The van der Waals surface area contributed by atoms with Gasteiger partial charge in [-0.25, -0.2) is 4.68 Å². The minimum Gasteiger partial charge on any atom is -0.453 e. The molecule has 0 amide bonds. The van der Waals surface area contributed by atoms with E-state index in [1.54, 1.807) is 12.1 Å². The monoisotopic (exact) mass is 332 g/mol. The van der Waals surface area contributed by atoms with Crippen LogP contribution in [0.1, 0.15) is 16.2 Å². The average Bonchev–Trinajstić information content (AvgIpc) is 3.36. The second-order valence-corrected chi connectivity index (χ2v) is 5.78. The highest BCUT2D eigenvalue weighted by Gasteiger charge is 2.10. The van der Waals surface area contributed by atoms with Crippen LogP contribution in [0.15, 0.2) is 59.3 Å². The summed E-state index contributed by atoms with van der Waals surface area (Å²) in [5.41, 5.74) is 4.83. The number of hydrogen-bond donors (Lipinski definition) is 0. The number of aromatic nitrogens is 4. The van der Waals surface area contributed by atoms with Crippen molar-refractivity contribution in [3.05, 3.63) is 66.3 Å². The topological polar surface area (TPSA) is 65.8 Å². The van der Waals surface area contributed by atoms with Crippen molar-refractivity contribution >= 4 is 6.29 Å². The smallest absolute Gasteiger partial charge is 0.185 e. The van der Waals surface area contributed by atoms with E-state index in [0.29, 0.717) is 17.8 Å². The van der Waals surface area contributed by atoms with Crippen LogP contribution in [-0.4, -0.2) is 25.8 Å². The Balaban J connectivity index is 1.62. The molecule has 0 atom stereocenters. The van der Waals surface area contributed by atoms with Gasteiger partial charge in [0.2, 0.25) is 0 Å². The second kappa shape index (κ2) is 5.90. The van der Waals surface area contributed by atoms with Gasteiger partial charge in [-0.2, -0.15) is 10.2 Å². The molecule has 4 rings (SSSR count). The summed E-state index contributed by atoms with van der Waals surface area (Å²) in [6.45, 7) is 2.02. The zero-order chi connectivity index (χ0) is 17.4. The molecule has 6 nitrogen and oxygen atoms in total. The highest BCUT2D eigenvalue weighted by Crippen LogP contribution is 2.24. The molecule has 6 heteroatoms. The maximum Gasteiger partial charge on any atom is 0.185 e. The molecule has 0 unspecified atom stereocenters. The van der Waals surface area contributed by atoms with E-state index < -0.39 is 0 Å². The normalized spacial score (nSPS) is 11.0. The summed E-state index contributed by atoms with van der Waals surface area (Å²) >= 11 is 0. The average molecular weight is 332 g/mol. The Bertz CT molecular complexity index is 1040. The Morgan fingerprint density at radius 3 is 2.52 bits per heavy atom.